The first-order valence-electron chi connectivity index (χ1n) is 2.45. The van der Waals surface area contributed by atoms with Crippen molar-refractivity contribution in [3.05, 3.63) is 11.9 Å². The molecule has 0 heterocycles. The molecule has 0 saturated carbocycles. The Balaban J connectivity index is 4.03. The predicted octanol–water partition coefficient (Wildman–Crippen LogP) is 0.399. The summed E-state index contributed by atoms with van der Waals surface area (Å²) in [6, 6.07) is 0. The van der Waals surface area contributed by atoms with E-state index in [1.54, 1.807) is 0 Å². The molecule has 0 bridgehead atoms. The van der Waals surface area contributed by atoms with Gasteiger partial charge in [-0.05, 0) is 0 Å². The van der Waals surface area contributed by atoms with Crippen molar-refractivity contribution in [3.63, 3.8) is 0 Å². The van der Waals surface area contributed by atoms with E-state index in [4.69, 9.17) is 11.5 Å². The molecule has 0 fully saturated rings. The first kappa shape index (κ1) is 7.77. The van der Waals surface area contributed by atoms with Gasteiger partial charge in [0.15, 0.2) is 0 Å². The van der Waals surface area contributed by atoms with E-state index in [0.717, 1.165) is 0 Å². The quantitative estimate of drug-likeness (QED) is 0.507. The van der Waals surface area contributed by atoms with Crippen LogP contribution in [0.2, 0.25) is 0 Å². The molecule has 0 rings (SSSR count). The highest BCUT2D eigenvalue weighted by atomic mass is 31.0. The lowest BCUT2D eigenvalue weighted by Gasteiger charge is -2.17. The van der Waals surface area contributed by atoms with Crippen molar-refractivity contribution >= 4 is 9.24 Å². The molecule has 0 aliphatic carbocycles. The molecule has 0 spiro atoms. The van der Waals surface area contributed by atoms with Crippen LogP contribution >= 0.6 is 9.24 Å². The molecule has 8 heavy (non-hydrogen) atoms. The first-order chi connectivity index (χ1) is 3.48. The van der Waals surface area contributed by atoms with Crippen molar-refractivity contribution in [1.82, 2.24) is 0 Å². The largest absolute Gasteiger partial charge is 0.403 e. The third-order valence-corrected chi connectivity index (χ3v) is 1.26. The minimum absolute atomic E-state index is 0.0608. The molecule has 0 aromatic rings. The maximum Gasteiger partial charge on any atom is 0.0333 e. The molecule has 0 aromatic heterocycles. The topological polar surface area (TPSA) is 52.0 Å². The summed E-state index contributed by atoms with van der Waals surface area (Å²) < 4.78 is 0. The summed E-state index contributed by atoms with van der Waals surface area (Å²) in [6.45, 7) is 3.96. The van der Waals surface area contributed by atoms with Crippen LogP contribution in [0.25, 0.3) is 0 Å². The Morgan fingerprint density at radius 3 is 2.00 bits per heavy atom. The van der Waals surface area contributed by atoms with Crippen LogP contribution in [0.1, 0.15) is 13.8 Å². The number of allylic oxidation sites excluding steroid dienone is 1. The highest BCUT2D eigenvalue weighted by Crippen LogP contribution is 2.21. The molecule has 2 nitrogen and oxygen atoms in total. The van der Waals surface area contributed by atoms with Crippen LogP contribution in [-0.4, -0.2) is 5.16 Å². The van der Waals surface area contributed by atoms with Gasteiger partial charge in [0.05, 0.1) is 0 Å². The molecule has 0 aromatic carbocycles. The molecule has 0 aliphatic rings. The minimum Gasteiger partial charge on any atom is -0.403 e. The van der Waals surface area contributed by atoms with E-state index < -0.39 is 0 Å². The standard InChI is InChI=1S/C5H13N2P/c1-5(2,8)4(7)3-6/h3H,6-8H2,1-2H3/b4-3+. The zero-order valence-electron chi connectivity index (χ0n) is 5.31. The third kappa shape index (κ3) is 2.17. The molecule has 0 aliphatic heterocycles. The molecule has 1 atom stereocenters. The molecular weight excluding hydrogens is 119 g/mol. The summed E-state index contributed by atoms with van der Waals surface area (Å²) in [7, 11) is 2.60. The van der Waals surface area contributed by atoms with Crippen LogP contribution in [0.3, 0.4) is 0 Å². The van der Waals surface area contributed by atoms with Crippen molar-refractivity contribution in [3.8, 4) is 0 Å². The van der Waals surface area contributed by atoms with Crippen molar-refractivity contribution < 1.29 is 0 Å². The fourth-order valence-electron chi connectivity index (χ4n) is 0.215. The second-order valence-corrected chi connectivity index (χ2v) is 3.79. The zero-order valence-corrected chi connectivity index (χ0v) is 6.46. The van der Waals surface area contributed by atoms with Gasteiger partial charge in [0.2, 0.25) is 0 Å². The van der Waals surface area contributed by atoms with Crippen molar-refractivity contribution in [2.45, 2.75) is 19.0 Å². The van der Waals surface area contributed by atoms with E-state index in [1.165, 1.54) is 6.20 Å². The second kappa shape index (κ2) is 2.36. The van der Waals surface area contributed by atoms with Gasteiger partial charge in [0.25, 0.3) is 0 Å². The molecular formula is C5H13N2P. The summed E-state index contributed by atoms with van der Waals surface area (Å²) in [5.41, 5.74) is 11.3. The van der Waals surface area contributed by atoms with Crippen LogP contribution < -0.4 is 11.5 Å². The molecule has 1 unspecified atom stereocenters. The van der Waals surface area contributed by atoms with Crippen LogP contribution in [0.5, 0.6) is 0 Å². The van der Waals surface area contributed by atoms with E-state index in [9.17, 15) is 0 Å². The number of nitrogens with two attached hydrogens (primary N) is 2. The maximum atomic E-state index is 5.47. The van der Waals surface area contributed by atoms with Gasteiger partial charge >= 0.3 is 0 Å². The lowest BCUT2D eigenvalue weighted by molar-refractivity contribution is 0.815. The van der Waals surface area contributed by atoms with Crippen molar-refractivity contribution in [2.24, 2.45) is 11.5 Å². The van der Waals surface area contributed by atoms with Gasteiger partial charge in [-0.1, -0.05) is 13.8 Å². The van der Waals surface area contributed by atoms with Crippen molar-refractivity contribution in [2.75, 3.05) is 0 Å². The zero-order chi connectivity index (χ0) is 6.78. The summed E-state index contributed by atoms with van der Waals surface area (Å²) in [5.74, 6) is 0. The van der Waals surface area contributed by atoms with Gasteiger partial charge in [-0.25, -0.2) is 0 Å². The first-order valence-corrected chi connectivity index (χ1v) is 3.03. The van der Waals surface area contributed by atoms with E-state index >= 15 is 0 Å². The van der Waals surface area contributed by atoms with Crippen LogP contribution in [0.15, 0.2) is 11.9 Å². The van der Waals surface area contributed by atoms with E-state index in [1.807, 2.05) is 13.8 Å². The van der Waals surface area contributed by atoms with Gasteiger partial charge < -0.3 is 11.5 Å². The average Bonchev–Trinajstić information content (AvgIpc) is 1.62. The van der Waals surface area contributed by atoms with Crippen LogP contribution in [0.4, 0.5) is 0 Å². The molecule has 4 N–H and O–H groups in total. The van der Waals surface area contributed by atoms with Gasteiger partial charge in [-0.15, -0.1) is 9.24 Å². The molecule has 0 radical (unpaired) electrons. The Morgan fingerprint density at radius 1 is 1.62 bits per heavy atom. The monoisotopic (exact) mass is 132 g/mol. The van der Waals surface area contributed by atoms with Crippen LogP contribution in [-0.2, 0) is 0 Å². The molecule has 3 heteroatoms. The van der Waals surface area contributed by atoms with Gasteiger partial charge in [-0.3, -0.25) is 0 Å². The van der Waals surface area contributed by atoms with E-state index in [-0.39, 0.29) is 5.16 Å². The van der Waals surface area contributed by atoms with Crippen molar-refractivity contribution in [1.29, 1.82) is 0 Å². The van der Waals surface area contributed by atoms with Crippen LogP contribution in [0, 0.1) is 0 Å². The lowest BCUT2D eigenvalue weighted by atomic mass is 10.1. The van der Waals surface area contributed by atoms with E-state index in [0.29, 0.717) is 5.70 Å². The summed E-state index contributed by atoms with van der Waals surface area (Å²) in [6.07, 6.45) is 1.42. The SMILES string of the molecule is CC(C)(P)/C(N)=C\N. The number of hydrogen-bond donors (Lipinski definition) is 2. The fraction of sp³-hybridized carbons (Fsp3) is 0.600. The Labute approximate surface area is 52.5 Å². The highest BCUT2D eigenvalue weighted by molar-refractivity contribution is 7.19. The Morgan fingerprint density at radius 2 is 2.00 bits per heavy atom. The van der Waals surface area contributed by atoms with Gasteiger partial charge in [-0.2, -0.15) is 0 Å². The van der Waals surface area contributed by atoms with Gasteiger partial charge in [0, 0.05) is 17.1 Å². The summed E-state index contributed by atoms with van der Waals surface area (Å²) in [4.78, 5) is 0. The smallest absolute Gasteiger partial charge is 0.0333 e. The minimum atomic E-state index is -0.0608. The third-order valence-electron chi connectivity index (χ3n) is 0.924. The molecule has 0 amide bonds. The average molecular weight is 132 g/mol. The summed E-state index contributed by atoms with van der Waals surface area (Å²) >= 11 is 0. The van der Waals surface area contributed by atoms with E-state index in [2.05, 4.69) is 9.24 Å². The summed E-state index contributed by atoms with van der Waals surface area (Å²) in [5, 5.41) is -0.0608. The van der Waals surface area contributed by atoms with Gasteiger partial charge in [0.1, 0.15) is 0 Å². The Kier molecular flexibility index (Phi) is 2.29. The lowest BCUT2D eigenvalue weighted by Crippen LogP contribution is -2.21. The highest BCUT2D eigenvalue weighted by Gasteiger charge is 2.12. The maximum absolute atomic E-state index is 5.47. The molecule has 0 saturated heterocycles. The molecule has 48 valence electrons. The predicted molar refractivity (Wildman–Crippen MR) is 40.2 cm³/mol. The Hall–Kier alpha value is -0.230. The normalized spacial score (nSPS) is 14.1. The number of rotatable bonds is 1. The Bertz CT molecular complexity index is 101. The fourth-order valence-corrected chi connectivity index (χ4v) is 0.311. The second-order valence-electron chi connectivity index (χ2n) is 2.34. The number of hydrogen-bond acceptors (Lipinski definition) is 2.